The van der Waals surface area contributed by atoms with Crippen LogP contribution in [0.3, 0.4) is 0 Å². The minimum absolute atomic E-state index is 0.0496. The van der Waals surface area contributed by atoms with Crippen LogP contribution >= 0.6 is 23.4 Å². The Morgan fingerprint density at radius 3 is 2.91 bits per heavy atom. The smallest absolute Gasteiger partial charge is 0.264 e. The molecule has 0 bridgehead atoms. The Kier molecular flexibility index (Phi) is 6.10. The van der Waals surface area contributed by atoms with Crippen LogP contribution in [0.1, 0.15) is 12.0 Å². The number of methoxy groups -OCH3 is 1. The number of thioether (sulfide) groups is 1. The predicted octanol–water partition coefficient (Wildman–Crippen LogP) is 4.22. The van der Waals surface area contributed by atoms with Crippen molar-refractivity contribution in [2.24, 2.45) is 5.73 Å². The highest BCUT2D eigenvalue weighted by Gasteiger charge is 2.37. The average Bonchev–Trinajstić information content (AvgIpc) is 3.14. The van der Waals surface area contributed by atoms with Crippen molar-refractivity contribution in [3.8, 4) is 5.75 Å². The van der Waals surface area contributed by atoms with Crippen LogP contribution in [-0.4, -0.2) is 36.4 Å². The number of hydrogen-bond acceptors (Lipinski definition) is 6. The third-order valence-corrected chi connectivity index (χ3v) is 7.52. The molecule has 3 heterocycles. The molecule has 0 radical (unpaired) electrons. The van der Waals surface area contributed by atoms with E-state index in [4.69, 9.17) is 22.1 Å². The molecule has 2 aromatic rings. The van der Waals surface area contributed by atoms with Crippen LogP contribution in [0.2, 0.25) is 5.02 Å². The van der Waals surface area contributed by atoms with Crippen molar-refractivity contribution in [1.82, 2.24) is 10.2 Å². The summed E-state index contributed by atoms with van der Waals surface area (Å²) in [5.74, 6) is 0.277. The zero-order valence-corrected chi connectivity index (χ0v) is 19.8. The number of benzene rings is 2. The topological polar surface area (TPSA) is 79.6 Å². The Balaban J connectivity index is 1.33. The van der Waals surface area contributed by atoms with Gasteiger partial charge in [0.25, 0.3) is 5.91 Å². The second-order valence-electron chi connectivity index (χ2n) is 8.23. The summed E-state index contributed by atoms with van der Waals surface area (Å²) in [6.07, 6.45) is 3.11. The first-order chi connectivity index (χ1) is 16.0. The molecule has 1 amide bonds. The molecule has 8 heteroatoms. The molecule has 0 aromatic heterocycles. The molecule has 0 saturated heterocycles. The van der Waals surface area contributed by atoms with E-state index in [9.17, 15) is 4.79 Å². The Hall–Kier alpha value is -2.87. The summed E-state index contributed by atoms with van der Waals surface area (Å²) in [6.45, 7) is 2.76. The summed E-state index contributed by atoms with van der Waals surface area (Å²) in [5, 5.41) is 6.98. The molecule has 0 aliphatic carbocycles. The normalized spacial score (nSPS) is 20.1. The molecular formula is C25H25ClN4O2S. The van der Waals surface area contributed by atoms with Gasteiger partial charge in [-0.05, 0) is 35.4 Å². The van der Waals surface area contributed by atoms with Crippen molar-refractivity contribution in [1.29, 1.82) is 0 Å². The van der Waals surface area contributed by atoms with E-state index in [2.05, 4.69) is 45.9 Å². The van der Waals surface area contributed by atoms with Crippen molar-refractivity contribution in [3.05, 3.63) is 92.6 Å². The van der Waals surface area contributed by atoms with Crippen LogP contribution in [0, 0.1) is 0 Å². The van der Waals surface area contributed by atoms with E-state index in [1.54, 1.807) is 25.3 Å². The number of amides is 1. The second-order valence-corrected chi connectivity index (χ2v) is 9.79. The predicted molar refractivity (Wildman–Crippen MR) is 134 cm³/mol. The molecule has 170 valence electrons. The van der Waals surface area contributed by atoms with Crippen molar-refractivity contribution in [2.45, 2.75) is 18.3 Å². The number of halogens is 1. The third kappa shape index (κ3) is 4.49. The highest BCUT2D eigenvalue weighted by molar-refractivity contribution is 8.05. The van der Waals surface area contributed by atoms with Gasteiger partial charge in [-0.25, -0.2) is 0 Å². The lowest BCUT2D eigenvalue weighted by Gasteiger charge is -2.34. The number of fused-ring (bicyclic) bond motifs is 1. The Morgan fingerprint density at radius 1 is 1.30 bits per heavy atom. The SMILES string of the molecule is COc1ccc(Cl)cc1NC(=O)C1=C(N)C2=CC3=C(CCN(Cc4ccccc4)C3)NC2S1. The molecule has 6 nitrogen and oxygen atoms in total. The first-order valence-electron chi connectivity index (χ1n) is 10.8. The van der Waals surface area contributed by atoms with E-state index in [-0.39, 0.29) is 11.3 Å². The van der Waals surface area contributed by atoms with Gasteiger partial charge in [0.05, 0.1) is 23.4 Å². The quantitative estimate of drug-likeness (QED) is 0.594. The fraction of sp³-hybridized carbons (Fsp3) is 0.240. The standard InChI is InChI=1S/C25H25ClN4O2S/c1-32-21-8-7-17(26)12-20(21)28-24(31)23-22(27)18-11-16-14-30(13-15-5-3-2-4-6-15)10-9-19(16)29-25(18)33-23/h2-8,11-12,25,29H,9-10,13-14,27H2,1H3,(H,28,31). The van der Waals surface area contributed by atoms with E-state index < -0.39 is 0 Å². The lowest BCUT2D eigenvalue weighted by molar-refractivity contribution is -0.112. The fourth-order valence-corrected chi connectivity index (χ4v) is 5.71. The highest BCUT2D eigenvalue weighted by atomic mass is 35.5. The van der Waals surface area contributed by atoms with Gasteiger partial charge in [0.1, 0.15) is 11.1 Å². The number of carbonyl (C=O) groups excluding carboxylic acids is 1. The maximum absolute atomic E-state index is 13.1. The number of dihydropyridines is 1. The maximum atomic E-state index is 13.1. The highest BCUT2D eigenvalue weighted by Crippen LogP contribution is 2.43. The summed E-state index contributed by atoms with van der Waals surface area (Å²) < 4.78 is 5.34. The molecule has 4 N–H and O–H groups in total. The summed E-state index contributed by atoms with van der Waals surface area (Å²) in [7, 11) is 1.55. The lowest BCUT2D eigenvalue weighted by atomic mass is 9.97. The zero-order chi connectivity index (χ0) is 22.9. The van der Waals surface area contributed by atoms with Crippen molar-refractivity contribution < 1.29 is 9.53 Å². The van der Waals surface area contributed by atoms with E-state index >= 15 is 0 Å². The number of rotatable bonds is 5. The molecular weight excluding hydrogens is 456 g/mol. The largest absolute Gasteiger partial charge is 0.495 e. The minimum Gasteiger partial charge on any atom is -0.495 e. The zero-order valence-electron chi connectivity index (χ0n) is 18.2. The first-order valence-corrected chi connectivity index (χ1v) is 12.1. The van der Waals surface area contributed by atoms with Gasteiger partial charge in [-0.15, -0.1) is 0 Å². The summed E-state index contributed by atoms with van der Waals surface area (Å²) in [6, 6.07) is 15.6. The Bertz CT molecular complexity index is 1190. The molecule has 0 saturated carbocycles. The third-order valence-electron chi connectivity index (χ3n) is 6.03. The number of hydrogen-bond donors (Lipinski definition) is 3. The summed E-state index contributed by atoms with van der Waals surface area (Å²) >= 11 is 7.55. The molecule has 5 rings (SSSR count). The number of carbonyl (C=O) groups is 1. The second kappa shape index (κ2) is 9.17. The van der Waals surface area contributed by atoms with Crippen molar-refractivity contribution in [2.75, 3.05) is 25.5 Å². The molecule has 1 atom stereocenters. The Morgan fingerprint density at radius 2 is 2.12 bits per heavy atom. The number of anilines is 1. The van der Waals surface area contributed by atoms with Gasteiger partial charge in [-0.3, -0.25) is 9.69 Å². The number of ether oxygens (including phenoxy) is 1. The van der Waals surface area contributed by atoms with Crippen molar-refractivity contribution >= 4 is 35.0 Å². The molecule has 0 spiro atoms. The molecule has 1 unspecified atom stereocenters. The minimum atomic E-state index is -0.265. The van der Waals surface area contributed by atoms with Crippen LogP contribution in [0.15, 0.2) is 82.1 Å². The van der Waals surface area contributed by atoms with Crippen LogP contribution in [0.25, 0.3) is 0 Å². The van der Waals surface area contributed by atoms with Gasteiger partial charge in [0.2, 0.25) is 0 Å². The fourth-order valence-electron chi connectivity index (χ4n) is 4.38. The Labute approximate surface area is 202 Å². The average molecular weight is 481 g/mol. The van der Waals surface area contributed by atoms with E-state index in [1.165, 1.54) is 28.6 Å². The maximum Gasteiger partial charge on any atom is 0.264 e. The molecule has 3 aliphatic rings. The van der Waals surface area contributed by atoms with E-state index in [1.807, 2.05) is 6.07 Å². The molecule has 2 aromatic carbocycles. The number of nitrogens with zero attached hydrogens (tertiary/aromatic N) is 1. The lowest BCUT2D eigenvalue weighted by Crippen LogP contribution is -2.39. The van der Waals surface area contributed by atoms with Gasteiger partial charge < -0.3 is 21.1 Å². The number of nitrogens with two attached hydrogens (primary N) is 1. The van der Waals surface area contributed by atoms with Gasteiger partial charge in [0, 0.05) is 42.3 Å². The van der Waals surface area contributed by atoms with E-state index in [0.717, 1.165) is 31.6 Å². The van der Waals surface area contributed by atoms with Gasteiger partial charge in [0.15, 0.2) is 0 Å². The van der Waals surface area contributed by atoms with Gasteiger partial charge >= 0.3 is 0 Å². The molecule has 0 fully saturated rings. The van der Waals surface area contributed by atoms with Gasteiger partial charge in [-0.2, -0.15) is 0 Å². The molecule has 3 aliphatic heterocycles. The van der Waals surface area contributed by atoms with Crippen LogP contribution < -0.4 is 21.1 Å². The monoisotopic (exact) mass is 480 g/mol. The van der Waals surface area contributed by atoms with Crippen LogP contribution in [0.5, 0.6) is 5.75 Å². The first kappa shape index (κ1) is 21.9. The van der Waals surface area contributed by atoms with E-state index in [0.29, 0.717) is 27.1 Å². The van der Waals surface area contributed by atoms with Gasteiger partial charge in [-0.1, -0.05) is 53.7 Å². The summed E-state index contributed by atoms with van der Waals surface area (Å²) in [5.41, 5.74) is 12.2. The van der Waals surface area contributed by atoms with Crippen molar-refractivity contribution in [3.63, 3.8) is 0 Å². The summed E-state index contributed by atoms with van der Waals surface area (Å²) in [4.78, 5) is 16.0. The van der Waals surface area contributed by atoms with Crippen LogP contribution in [-0.2, 0) is 11.3 Å². The van der Waals surface area contributed by atoms with Crippen LogP contribution in [0.4, 0.5) is 5.69 Å². The number of nitrogens with one attached hydrogen (secondary N) is 2. The molecule has 33 heavy (non-hydrogen) atoms.